The van der Waals surface area contributed by atoms with E-state index in [1.807, 2.05) is 12.1 Å². The van der Waals surface area contributed by atoms with E-state index in [0.29, 0.717) is 0 Å². The molecule has 0 fully saturated rings. The lowest BCUT2D eigenvalue weighted by Gasteiger charge is -2.24. The molecule has 0 saturated heterocycles. The van der Waals surface area contributed by atoms with E-state index in [-0.39, 0.29) is 11.3 Å². The highest BCUT2D eigenvalue weighted by atomic mass is 14.7. The molecule has 0 spiro atoms. The molecule has 4 rings (SSSR count). The molecule has 24 heavy (non-hydrogen) atoms. The number of nitrogen functional groups attached to an aromatic ring is 1. The first-order chi connectivity index (χ1) is 11.5. The highest BCUT2D eigenvalue weighted by Gasteiger charge is 2.37. The Kier molecular flexibility index (Phi) is 3.10. The number of hydrogen-bond donors (Lipinski definition) is 2. The third-order valence-corrected chi connectivity index (χ3v) is 5.09. The molecular formula is C22H20N2. The topological polar surface area (TPSA) is 49.9 Å². The molecule has 0 radical (unpaired) electrons. The van der Waals surface area contributed by atoms with Gasteiger partial charge in [-0.05, 0) is 33.4 Å². The molecule has 0 aromatic heterocycles. The normalized spacial score (nSPS) is 14.1. The van der Waals surface area contributed by atoms with Gasteiger partial charge >= 0.3 is 0 Å². The second-order valence-corrected chi connectivity index (χ2v) is 6.89. The van der Waals surface area contributed by atoms with E-state index in [4.69, 9.17) is 11.1 Å². The molecule has 0 unspecified atom stereocenters. The van der Waals surface area contributed by atoms with Gasteiger partial charge in [0.15, 0.2) is 0 Å². The molecule has 1 aliphatic carbocycles. The monoisotopic (exact) mass is 312 g/mol. The van der Waals surface area contributed by atoms with Gasteiger partial charge in [0.2, 0.25) is 0 Å². The Morgan fingerprint density at radius 3 is 2.12 bits per heavy atom. The molecule has 3 N–H and O–H groups in total. The fraction of sp³-hybridized carbons (Fsp3) is 0.136. The van der Waals surface area contributed by atoms with Crippen molar-refractivity contribution in [2.24, 2.45) is 5.73 Å². The SMILES string of the molecule is CC1(C)c2ccccc2-c2cccc(-c3ccc(C(=N)N)cc3)c21. The average molecular weight is 312 g/mol. The van der Waals surface area contributed by atoms with E-state index < -0.39 is 0 Å². The van der Waals surface area contributed by atoms with Crippen LogP contribution in [0.3, 0.4) is 0 Å². The minimum atomic E-state index is -0.0260. The zero-order valence-corrected chi connectivity index (χ0v) is 13.9. The summed E-state index contributed by atoms with van der Waals surface area (Å²) in [5, 5.41) is 7.56. The number of hydrogen-bond acceptors (Lipinski definition) is 1. The number of nitrogens with two attached hydrogens (primary N) is 1. The van der Waals surface area contributed by atoms with Crippen LogP contribution >= 0.6 is 0 Å². The maximum absolute atomic E-state index is 7.56. The van der Waals surface area contributed by atoms with Gasteiger partial charge in [0, 0.05) is 11.0 Å². The molecular weight excluding hydrogens is 292 g/mol. The number of rotatable bonds is 2. The average Bonchev–Trinajstić information content (AvgIpc) is 2.84. The zero-order chi connectivity index (χ0) is 16.9. The first kappa shape index (κ1) is 14.7. The van der Waals surface area contributed by atoms with Crippen molar-refractivity contribution >= 4 is 5.84 Å². The lowest BCUT2D eigenvalue weighted by molar-refractivity contribution is 0.662. The molecule has 2 heteroatoms. The van der Waals surface area contributed by atoms with E-state index in [1.54, 1.807) is 0 Å². The second kappa shape index (κ2) is 5.07. The summed E-state index contributed by atoms with van der Waals surface area (Å²) in [6.07, 6.45) is 0. The smallest absolute Gasteiger partial charge is 0.122 e. The van der Waals surface area contributed by atoms with Gasteiger partial charge in [-0.15, -0.1) is 0 Å². The summed E-state index contributed by atoms with van der Waals surface area (Å²) in [7, 11) is 0. The van der Waals surface area contributed by atoms with Gasteiger partial charge in [0.1, 0.15) is 5.84 Å². The van der Waals surface area contributed by atoms with Gasteiger partial charge in [-0.1, -0.05) is 80.6 Å². The van der Waals surface area contributed by atoms with Crippen LogP contribution in [0.5, 0.6) is 0 Å². The van der Waals surface area contributed by atoms with E-state index in [1.165, 1.54) is 27.8 Å². The van der Waals surface area contributed by atoms with Crippen LogP contribution in [0, 0.1) is 5.41 Å². The summed E-state index contributed by atoms with van der Waals surface area (Å²) < 4.78 is 0. The van der Waals surface area contributed by atoms with Crippen LogP contribution in [0.1, 0.15) is 30.5 Å². The number of amidine groups is 1. The van der Waals surface area contributed by atoms with Crippen LogP contribution in [-0.4, -0.2) is 5.84 Å². The Morgan fingerprint density at radius 1 is 0.792 bits per heavy atom. The van der Waals surface area contributed by atoms with E-state index >= 15 is 0 Å². The van der Waals surface area contributed by atoms with Crippen molar-refractivity contribution < 1.29 is 0 Å². The number of nitrogens with one attached hydrogen (secondary N) is 1. The van der Waals surface area contributed by atoms with E-state index in [2.05, 4.69) is 68.4 Å². The van der Waals surface area contributed by atoms with E-state index in [0.717, 1.165) is 11.1 Å². The zero-order valence-electron chi connectivity index (χ0n) is 13.9. The van der Waals surface area contributed by atoms with Gasteiger partial charge in [0.25, 0.3) is 0 Å². The molecule has 0 heterocycles. The summed E-state index contributed by atoms with van der Waals surface area (Å²) >= 11 is 0. The summed E-state index contributed by atoms with van der Waals surface area (Å²) in [5.74, 6) is 0.104. The Bertz CT molecular complexity index is 950. The molecule has 0 atom stereocenters. The molecule has 1 aliphatic rings. The van der Waals surface area contributed by atoms with Crippen molar-refractivity contribution in [1.29, 1.82) is 5.41 Å². The van der Waals surface area contributed by atoms with Crippen molar-refractivity contribution in [1.82, 2.24) is 0 Å². The first-order valence-corrected chi connectivity index (χ1v) is 8.18. The number of fused-ring (bicyclic) bond motifs is 3. The fourth-order valence-corrected chi connectivity index (χ4v) is 3.92. The quantitative estimate of drug-likeness (QED) is 0.511. The lowest BCUT2D eigenvalue weighted by atomic mass is 9.79. The highest BCUT2D eigenvalue weighted by Crippen LogP contribution is 2.51. The minimum Gasteiger partial charge on any atom is -0.384 e. The maximum Gasteiger partial charge on any atom is 0.122 e. The van der Waals surface area contributed by atoms with Gasteiger partial charge in [-0.3, -0.25) is 5.41 Å². The molecule has 118 valence electrons. The highest BCUT2D eigenvalue weighted by molar-refractivity contribution is 5.95. The van der Waals surface area contributed by atoms with Gasteiger partial charge < -0.3 is 5.73 Å². The molecule has 3 aromatic rings. The maximum atomic E-state index is 7.56. The second-order valence-electron chi connectivity index (χ2n) is 6.89. The Morgan fingerprint density at radius 2 is 1.42 bits per heavy atom. The summed E-state index contributed by atoms with van der Waals surface area (Å²) in [6, 6.07) is 23.2. The Hall–Kier alpha value is -2.87. The van der Waals surface area contributed by atoms with Crippen molar-refractivity contribution in [2.75, 3.05) is 0 Å². The molecule has 0 aliphatic heterocycles. The van der Waals surface area contributed by atoms with Crippen molar-refractivity contribution in [3.63, 3.8) is 0 Å². The minimum absolute atomic E-state index is 0.0260. The third kappa shape index (κ3) is 2.00. The summed E-state index contributed by atoms with van der Waals surface area (Å²) in [5.41, 5.74) is 14.1. The van der Waals surface area contributed by atoms with Crippen LogP contribution in [0.4, 0.5) is 0 Å². The predicted octanol–water partition coefficient (Wildman–Crippen LogP) is 4.94. The molecule has 0 bridgehead atoms. The number of benzene rings is 3. The van der Waals surface area contributed by atoms with Crippen LogP contribution in [0.25, 0.3) is 22.3 Å². The first-order valence-electron chi connectivity index (χ1n) is 8.18. The van der Waals surface area contributed by atoms with E-state index in [9.17, 15) is 0 Å². The fourth-order valence-electron chi connectivity index (χ4n) is 3.92. The van der Waals surface area contributed by atoms with Crippen molar-refractivity contribution in [3.8, 4) is 22.3 Å². The van der Waals surface area contributed by atoms with Gasteiger partial charge in [-0.2, -0.15) is 0 Å². The lowest BCUT2D eigenvalue weighted by Crippen LogP contribution is -2.16. The molecule has 3 aromatic carbocycles. The Labute approximate surface area is 142 Å². The van der Waals surface area contributed by atoms with Crippen molar-refractivity contribution in [2.45, 2.75) is 19.3 Å². The third-order valence-electron chi connectivity index (χ3n) is 5.09. The van der Waals surface area contributed by atoms with Gasteiger partial charge in [-0.25, -0.2) is 0 Å². The van der Waals surface area contributed by atoms with Crippen molar-refractivity contribution in [3.05, 3.63) is 83.4 Å². The molecule has 0 saturated carbocycles. The molecule has 0 amide bonds. The summed E-state index contributed by atoms with van der Waals surface area (Å²) in [6.45, 7) is 4.59. The van der Waals surface area contributed by atoms with Crippen LogP contribution < -0.4 is 5.73 Å². The van der Waals surface area contributed by atoms with Crippen LogP contribution in [0.2, 0.25) is 0 Å². The standard InChI is InChI=1S/C22H20N2/c1-22(2)19-9-4-3-6-17(19)18-8-5-7-16(20(18)22)14-10-12-15(13-11-14)21(23)24/h3-13H,1-2H3,(H3,23,24). The van der Waals surface area contributed by atoms with Crippen LogP contribution in [0.15, 0.2) is 66.7 Å². The molecule has 2 nitrogen and oxygen atoms in total. The van der Waals surface area contributed by atoms with Gasteiger partial charge in [0.05, 0.1) is 0 Å². The predicted molar refractivity (Wildman–Crippen MR) is 100 cm³/mol. The Balaban J connectivity index is 1.94. The largest absolute Gasteiger partial charge is 0.384 e. The summed E-state index contributed by atoms with van der Waals surface area (Å²) in [4.78, 5) is 0. The van der Waals surface area contributed by atoms with Crippen LogP contribution in [-0.2, 0) is 5.41 Å².